The number of anilines is 2. The first-order valence-electron chi connectivity index (χ1n) is 7.98. The fraction of sp³-hybridized carbons (Fsp3) is 0.0500. The van der Waals surface area contributed by atoms with Crippen molar-refractivity contribution in [3.8, 4) is 0 Å². The van der Waals surface area contributed by atoms with E-state index >= 15 is 0 Å². The Morgan fingerprint density at radius 3 is 1.92 bits per heavy atom. The van der Waals surface area contributed by atoms with Crippen molar-refractivity contribution in [3.63, 3.8) is 0 Å². The topological polar surface area (TPSA) is 66.5 Å². The highest BCUT2D eigenvalue weighted by Crippen LogP contribution is 2.19. The summed E-state index contributed by atoms with van der Waals surface area (Å²) in [7, 11) is -1.95. The summed E-state index contributed by atoms with van der Waals surface area (Å²) in [5.74, 6) is -0.173. The summed E-state index contributed by atoms with van der Waals surface area (Å²) in [6, 6.07) is 23.8. The Labute approximate surface area is 153 Å². The number of rotatable bonds is 5. The van der Waals surface area contributed by atoms with Gasteiger partial charge >= 0.3 is 0 Å². The molecule has 26 heavy (non-hydrogen) atoms. The van der Waals surface area contributed by atoms with Gasteiger partial charge in [-0.25, -0.2) is 8.42 Å². The SMILES string of the molecule is CN(C(=O)c1ccc(NS(=O)(=O)c2ccccc2)cc1)c1ccccc1. The van der Waals surface area contributed by atoms with Crippen molar-refractivity contribution in [2.75, 3.05) is 16.7 Å². The Balaban J connectivity index is 1.75. The van der Waals surface area contributed by atoms with Gasteiger partial charge in [0.1, 0.15) is 0 Å². The van der Waals surface area contributed by atoms with E-state index in [1.165, 1.54) is 12.1 Å². The minimum absolute atomic E-state index is 0.173. The lowest BCUT2D eigenvalue weighted by Gasteiger charge is -2.17. The zero-order chi connectivity index (χ0) is 18.6. The van der Waals surface area contributed by atoms with E-state index in [1.54, 1.807) is 54.4 Å². The van der Waals surface area contributed by atoms with Crippen molar-refractivity contribution in [1.82, 2.24) is 0 Å². The number of nitrogens with zero attached hydrogens (tertiary/aromatic N) is 1. The van der Waals surface area contributed by atoms with Crippen LogP contribution in [0.3, 0.4) is 0 Å². The summed E-state index contributed by atoms with van der Waals surface area (Å²) in [4.78, 5) is 14.3. The van der Waals surface area contributed by atoms with E-state index in [-0.39, 0.29) is 10.8 Å². The molecule has 3 aromatic carbocycles. The second-order valence-electron chi connectivity index (χ2n) is 5.70. The van der Waals surface area contributed by atoms with Gasteiger partial charge in [0, 0.05) is 24.0 Å². The predicted octanol–water partition coefficient (Wildman–Crippen LogP) is 3.76. The second kappa shape index (κ2) is 7.41. The lowest BCUT2D eigenvalue weighted by atomic mass is 10.1. The highest BCUT2D eigenvalue weighted by Gasteiger charge is 2.15. The van der Waals surface area contributed by atoms with Crippen LogP contribution in [0.4, 0.5) is 11.4 Å². The Morgan fingerprint density at radius 1 is 0.808 bits per heavy atom. The lowest BCUT2D eigenvalue weighted by Crippen LogP contribution is -2.26. The van der Waals surface area contributed by atoms with Crippen molar-refractivity contribution >= 4 is 27.3 Å². The van der Waals surface area contributed by atoms with Gasteiger partial charge in [-0.05, 0) is 48.5 Å². The van der Waals surface area contributed by atoms with Crippen molar-refractivity contribution in [3.05, 3.63) is 90.5 Å². The molecule has 0 spiro atoms. The summed E-state index contributed by atoms with van der Waals surface area (Å²) < 4.78 is 27.2. The molecule has 3 aromatic rings. The molecule has 5 nitrogen and oxygen atoms in total. The molecule has 1 amide bonds. The fourth-order valence-corrected chi connectivity index (χ4v) is 3.54. The number of carbonyl (C=O) groups is 1. The quantitative estimate of drug-likeness (QED) is 0.748. The van der Waals surface area contributed by atoms with Gasteiger partial charge in [0.15, 0.2) is 0 Å². The van der Waals surface area contributed by atoms with Gasteiger partial charge in [0.25, 0.3) is 15.9 Å². The molecule has 132 valence electrons. The summed E-state index contributed by atoms with van der Waals surface area (Å²) in [5, 5.41) is 0. The average Bonchev–Trinajstić information content (AvgIpc) is 2.68. The van der Waals surface area contributed by atoms with Gasteiger partial charge in [-0.1, -0.05) is 36.4 Å². The van der Waals surface area contributed by atoms with E-state index in [1.807, 2.05) is 30.3 Å². The highest BCUT2D eigenvalue weighted by molar-refractivity contribution is 7.92. The van der Waals surface area contributed by atoms with Crippen LogP contribution in [0.1, 0.15) is 10.4 Å². The first kappa shape index (κ1) is 17.7. The van der Waals surface area contributed by atoms with Gasteiger partial charge in [0.05, 0.1) is 4.90 Å². The number of para-hydroxylation sites is 1. The van der Waals surface area contributed by atoms with E-state index < -0.39 is 10.0 Å². The summed E-state index contributed by atoms with van der Waals surface area (Å²) in [5.41, 5.74) is 1.65. The van der Waals surface area contributed by atoms with Crippen LogP contribution >= 0.6 is 0 Å². The molecule has 0 fully saturated rings. The van der Waals surface area contributed by atoms with Crippen molar-refractivity contribution in [2.45, 2.75) is 4.90 Å². The fourth-order valence-electron chi connectivity index (χ4n) is 2.46. The molecule has 0 saturated heterocycles. The molecule has 3 rings (SSSR count). The molecule has 0 bridgehead atoms. The van der Waals surface area contributed by atoms with E-state index in [0.29, 0.717) is 11.3 Å². The third kappa shape index (κ3) is 3.92. The van der Waals surface area contributed by atoms with Gasteiger partial charge < -0.3 is 4.90 Å². The molecule has 0 aromatic heterocycles. The Bertz CT molecular complexity index is 986. The molecule has 0 radical (unpaired) electrons. The molecule has 0 atom stereocenters. The number of hydrogen-bond acceptors (Lipinski definition) is 3. The van der Waals surface area contributed by atoms with Gasteiger partial charge in [0.2, 0.25) is 0 Å². The maximum atomic E-state index is 12.6. The highest BCUT2D eigenvalue weighted by atomic mass is 32.2. The molecule has 1 N–H and O–H groups in total. The first-order chi connectivity index (χ1) is 12.5. The predicted molar refractivity (Wildman–Crippen MR) is 103 cm³/mol. The lowest BCUT2D eigenvalue weighted by molar-refractivity contribution is 0.0993. The van der Waals surface area contributed by atoms with Crippen molar-refractivity contribution in [1.29, 1.82) is 0 Å². The smallest absolute Gasteiger partial charge is 0.261 e. The van der Waals surface area contributed by atoms with Crippen LogP contribution in [0.5, 0.6) is 0 Å². The Kier molecular flexibility index (Phi) is 5.04. The number of carbonyl (C=O) groups excluding carboxylic acids is 1. The second-order valence-corrected chi connectivity index (χ2v) is 7.38. The van der Waals surface area contributed by atoms with Gasteiger partial charge in [-0.15, -0.1) is 0 Å². The number of nitrogens with one attached hydrogen (secondary N) is 1. The van der Waals surface area contributed by atoms with Crippen molar-refractivity contribution < 1.29 is 13.2 Å². The molecule has 0 aliphatic carbocycles. The largest absolute Gasteiger partial charge is 0.311 e. The molecule has 6 heteroatoms. The van der Waals surface area contributed by atoms with Crippen LogP contribution in [0.25, 0.3) is 0 Å². The van der Waals surface area contributed by atoms with E-state index in [0.717, 1.165) is 5.69 Å². The van der Waals surface area contributed by atoms with E-state index in [2.05, 4.69) is 4.72 Å². The van der Waals surface area contributed by atoms with E-state index in [9.17, 15) is 13.2 Å². The minimum atomic E-state index is -3.65. The zero-order valence-electron chi connectivity index (χ0n) is 14.2. The number of amides is 1. The normalized spacial score (nSPS) is 11.0. The molecular formula is C20H18N2O3S. The van der Waals surface area contributed by atoms with Crippen molar-refractivity contribution in [2.24, 2.45) is 0 Å². The molecule has 0 aliphatic rings. The van der Waals surface area contributed by atoms with Gasteiger partial charge in [-0.2, -0.15) is 0 Å². The molecule has 0 heterocycles. The molecule has 0 unspecified atom stereocenters. The molecular weight excluding hydrogens is 348 g/mol. The standard InChI is InChI=1S/C20H18N2O3S/c1-22(18-8-4-2-5-9-18)20(23)16-12-14-17(15-13-16)21-26(24,25)19-10-6-3-7-11-19/h2-15,21H,1H3. The van der Waals surface area contributed by atoms with Crippen LogP contribution < -0.4 is 9.62 Å². The maximum Gasteiger partial charge on any atom is 0.261 e. The Hall–Kier alpha value is -3.12. The zero-order valence-corrected chi connectivity index (χ0v) is 15.0. The number of benzene rings is 3. The van der Waals surface area contributed by atoms with Crippen LogP contribution in [-0.4, -0.2) is 21.4 Å². The summed E-state index contributed by atoms with van der Waals surface area (Å²) >= 11 is 0. The molecule has 0 aliphatic heterocycles. The van der Waals surface area contributed by atoms with Gasteiger partial charge in [-0.3, -0.25) is 9.52 Å². The number of hydrogen-bond donors (Lipinski definition) is 1. The minimum Gasteiger partial charge on any atom is -0.311 e. The average molecular weight is 366 g/mol. The summed E-state index contributed by atoms with van der Waals surface area (Å²) in [6.45, 7) is 0. The first-order valence-corrected chi connectivity index (χ1v) is 9.47. The monoisotopic (exact) mass is 366 g/mol. The van der Waals surface area contributed by atoms with Crippen LogP contribution in [-0.2, 0) is 10.0 Å². The van der Waals surface area contributed by atoms with Crippen LogP contribution in [0.15, 0.2) is 89.8 Å². The summed E-state index contributed by atoms with van der Waals surface area (Å²) in [6.07, 6.45) is 0. The van der Waals surface area contributed by atoms with E-state index in [4.69, 9.17) is 0 Å². The maximum absolute atomic E-state index is 12.6. The van der Waals surface area contributed by atoms with Crippen LogP contribution in [0, 0.1) is 0 Å². The third-order valence-electron chi connectivity index (χ3n) is 3.89. The van der Waals surface area contributed by atoms with Crippen LogP contribution in [0.2, 0.25) is 0 Å². The Morgan fingerprint density at radius 2 is 1.35 bits per heavy atom. The third-order valence-corrected chi connectivity index (χ3v) is 5.28. The number of sulfonamides is 1. The molecule has 0 saturated carbocycles.